The van der Waals surface area contributed by atoms with Crippen LogP contribution in [0.25, 0.3) is 0 Å². The quantitative estimate of drug-likeness (QED) is 0.799. The van der Waals surface area contributed by atoms with Crippen molar-refractivity contribution in [3.05, 3.63) is 54.4 Å². The van der Waals surface area contributed by atoms with E-state index >= 15 is 0 Å². The van der Waals surface area contributed by atoms with Crippen LogP contribution < -0.4 is 5.32 Å². The summed E-state index contributed by atoms with van der Waals surface area (Å²) in [7, 11) is 0. The van der Waals surface area contributed by atoms with Crippen molar-refractivity contribution < 1.29 is 0 Å². The molecule has 3 heteroatoms. The fourth-order valence-electron chi connectivity index (χ4n) is 2.06. The number of pyridine rings is 1. The molecule has 0 fully saturated rings. The number of hydrogen-bond donors (Lipinski definition) is 1. The van der Waals surface area contributed by atoms with E-state index in [1.54, 1.807) is 11.8 Å². The van der Waals surface area contributed by atoms with Gasteiger partial charge in [0.15, 0.2) is 0 Å². The van der Waals surface area contributed by atoms with Gasteiger partial charge in [0, 0.05) is 22.0 Å². The van der Waals surface area contributed by atoms with Crippen LogP contribution in [0, 0.1) is 0 Å². The maximum atomic E-state index is 4.62. The van der Waals surface area contributed by atoms with Crippen molar-refractivity contribution >= 4 is 11.8 Å². The van der Waals surface area contributed by atoms with Gasteiger partial charge in [0.1, 0.15) is 0 Å². The highest BCUT2D eigenvalue weighted by molar-refractivity contribution is 7.99. The normalized spacial score (nSPS) is 12.3. The van der Waals surface area contributed by atoms with Crippen LogP contribution in [0.1, 0.15) is 38.4 Å². The second-order valence-electron chi connectivity index (χ2n) is 4.75. The molecule has 2 rings (SSSR count). The predicted molar refractivity (Wildman–Crippen MR) is 86.1 cm³/mol. The number of rotatable bonds is 7. The smallest absolute Gasteiger partial charge is 0.0573 e. The van der Waals surface area contributed by atoms with Gasteiger partial charge in [0.25, 0.3) is 0 Å². The molecule has 1 atom stereocenters. The molecular formula is C17H22N2S. The minimum absolute atomic E-state index is 0.366. The molecule has 1 heterocycles. The van der Waals surface area contributed by atoms with Gasteiger partial charge in [-0.2, -0.15) is 0 Å². The third-order valence-electron chi connectivity index (χ3n) is 3.14. The van der Waals surface area contributed by atoms with Gasteiger partial charge in [0.2, 0.25) is 0 Å². The summed E-state index contributed by atoms with van der Waals surface area (Å²) >= 11 is 1.75. The molecule has 0 aliphatic heterocycles. The van der Waals surface area contributed by atoms with Crippen LogP contribution in [0.3, 0.4) is 0 Å². The molecule has 0 amide bonds. The lowest BCUT2D eigenvalue weighted by Crippen LogP contribution is -2.22. The van der Waals surface area contributed by atoms with Crippen molar-refractivity contribution in [3.8, 4) is 0 Å². The zero-order valence-electron chi connectivity index (χ0n) is 12.2. The van der Waals surface area contributed by atoms with Gasteiger partial charge in [0.05, 0.1) is 5.69 Å². The summed E-state index contributed by atoms with van der Waals surface area (Å²) in [5.74, 6) is 0. The van der Waals surface area contributed by atoms with Crippen LogP contribution in [-0.2, 0) is 0 Å². The Hall–Kier alpha value is -1.32. The summed E-state index contributed by atoms with van der Waals surface area (Å²) in [4.78, 5) is 7.05. The molecule has 20 heavy (non-hydrogen) atoms. The predicted octanol–water partition coefficient (Wildman–Crippen LogP) is 4.68. The van der Waals surface area contributed by atoms with E-state index in [1.807, 2.05) is 12.3 Å². The summed E-state index contributed by atoms with van der Waals surface area (Å²) in [5.41, 5.74) is 1.14. The van der Waals surface area contributed by atoms with Crippen LogP contribution >= 0.6 is 11.8 Å². The summed E-state index contributed by atoms with van der Waals surface area (Å²) in [6, 6.07) is 15.1. The van der Waals surface area contributed by atoms with Crippen LogP contribution in [0.2, 0.25) is 0 Å². The first-order valence-electron chi connectivity index (χ1n) is 7.25. The van der Waals surface area contributed by atoms with Crippen LogP contribution in [0.4, 0.5) is 0 Å². The Morgan fingerprint density at radius 2 is 1.85 bits per heavy atom. The van der Waals surface area contributed by atoms with Gasteiger partial charge in [-0.25, -0.2) is 0 Å². The second-order valence-corrected chi connectivity index (χ2v) is 5.90. The van der Waals surface area contributed by atoms with Gasteiger partial charge in [-0.3, -0.25) is 4.98 Å². The molecule has 0 radical (unpaired) electrons. The van der Waals surface area contributed by atoms with Crippen molar-refractivity contribution in [2.45, 2.75) is 42.5 Å². The zero-order valence-corrected chi connectivity index (χ0v) is 13.0. The molecule has 1 unspecified atom stereocenters. The Labute approximate surface area is 126 Å². The van der Waals surface area contributed by atoms with Gasteiger partial charge >= 0.3 is 0 Å². The first-order valence-corrected chi connectivity index (χ1v) is 8.07. The van der Waals surface area contributed by atoms with Crippen LogP contribution in [-0.4, -0.2) is 11.5 Å². The molecule has 1 aromatic heterocycles. The lowest BCUT2D eigenvalue weighted by atomic mass is 10.1. The third-order valence-corrected chi connectivity index (χ3v) is 4.13. The summed E-state index contributed by atoms with van der Waals surface area (Å²) < 4.78 is 0. The molecule has 0 aliphatic rings. The second kappa shape index (κ2) is 8.08. The maximum absolute atomic E-state index is 4.62. The maximum Gasteiger partial charge on any atom is 0.0573 e. The van der Waals surface area contributed by atoms with Gasteiger partial charge in [-0.1, -0.05) is 43.8 Å². The number of nitrogens with zero attached hydrogens (tertiary/aromatic N) is 1. The third kappa shape index (κ3) is 4.36. The molecule has 1 aromatic carbocycles. The highest BCUT2D eigenvalue weighted by atomic mass is 32.2. The lowest BCUT2D eigenvalue weighted by molar-refractivity contribution is 0.507. The van der Waals surface area contributed by atoms with Crippen molar-refractivity contribution in [3.63, 3.8) is 0 Å². The average molecular weight is 286 g/mol. The molecule has 0 aliphatic carbocycles. The zero-order chi connectivity index (χ0) is 14.2. The van der Waals surface area contributed by atoms with E-state index in [0.29, 0.717) is 6.04 Å². The summed E-state index contributed by atoms with van der Waals surface area (Å²) in [5, 5.41) is 3.54. The first-order chi connectivity index (χ1) is 9.83. The Kier molecular flexibility index (Phi) is 6.09. The van der Waals surface area contributed by atoms with E-state index in [4.69, 9.17) is 0 Å². The highest BCUT2D eigenvalue weighted by Gasteiger charge is 2.09. The van der Waals surface area contributed by atoms with E-state index in [2.05, 4.69) is 60.5 Å². The van der Waals surface area contributed by atoms with E-state index in [-0.39, 0.29) is 0 Å². The molecule has 0 saturated carbocycles. The van der Waals surface area contributed by atoms with Crippen LogP contribution in [0.5, 0.6) is 0 Å². The van der Waals surface area contributed by atoms with Gasteiger partial charge in [-0.15, -0.1) is 0 Å². The molecule has 0 bridgehead atoms. The SMILES string of the molecule is CCCNC(CC)c1ccc(Sc2ccccc2)cn1. The minimum atomic E-state index is 0.366. The van der Waals surface area contributed by atoms with Crippen molar-refractivity contribution in [1.82, 2.24) is 10.3 Å². The van der Waals surface area contributed by atoms with E-state index in [9.17, 15) is 0 Å². The monoisotopic (exact) mass is 286 g/mol. The number of nitrogens with one attached hydrogen (secondary N) is 1. The molecule has 2 nitrogen and oxygen atoms in total. The number of benzene rings is 1. The first kappa shape index (κ1) is 15.1. The molecular weight excluding hydrogens is 264 g/mol. The summed E-state index contributed by atoms with van der Waals surface area (Å²) in [6.07, 6.45) is 4.19. The topological polar surface area (TPSA) is 24.9 Å². The fraction of sp³-hybridized carbons (Fsp3) is 0.353. The number of hydrogen-bond acceptors (Lipinski definition) is 3. The van der Waals surface area contributed by atoms with Crippen molar-refractivity contribution in [2.75, 3.05) is 6.54 Å². The van der Waals surface area contributed by atoms with Crippen molar-refractivity contribution in [1.29, 1.82) is 0 Å². The van der Waals surface area contributed by atoms with Crippen molar-refractivity contribution in [2.24, 2.45) is 0 Å². The Morgan fingerprint density at radius 3 is 2.45 bits per heavy atom. The molecule has 2 aromatic rings. The van der Waals surface area contributed by atoms with E-state index in [1.165, 1.54) is 9.79 Å². The van der Waals surface area contributed by atoms with Gasteiger partial charge < -0.3 is 5.32 Å². The van der Waals surface area contributed by atoms with Gasteiger partial charge in [-0.05, 0) is 43.7 Å². The fourth-order valence-corrected chi connectivity index (χ4v) is 2.87. The standard InChI is InChI=1S/C17H22N2S/c1-3-12-18-16(4-2)17-11-10-15(13-19-17)20-14-8-6-5-7-9-14/h5-11,13,16,18H,3-4,12H2,1-2H3. The van der Waals surface area contributed by atoms with E-state index < -0.39 is 0 Å². The van der Waals surface area contributed by atoms with Crippen LogP contribution in [0.15, 0.2) is 58.5 Å². The molecule has 106 valence electrons. The lowest BCUT2D eigenvalue weighted by Gasteiger charge is -2.16. The largest absolute Gasteiger partial charge is 0.309 e. The van der Waals surface area contributed by atoms with E-state index in [0.717, 1.165) is 25.1 Å². The minimum Gasteiger partial charge on any atom is -0.309 e. The Bertz CT molecular complexity index is 496. The Morgan fingerprint density at radius 1 is 1.05 bits per heavy atom. The molecule has 0 spiro atoms. The molecule has 0 saturated heterocycles. The molecule has 1 N–H and O–H groups in total. The summed E-state index contributed by atoms with van der Waals surface area (Å²) in [6.45, 7) is 5.43. The number of aromatic nitrogens is 1. The highest BCUT2D eigenvalue weighted by Crippen LogP contribution is 2.27. The Balaban J connectivity index is 2.02. The average Bonchev–Trinajstić information content (AvgIpc) is 2.50.